The van der Waals surface area contributed by atoms with Gasteiger partial charge in [-0.2, -0.15) is 0 Å². The molecule has 1 aliphatic rings. The quantitative estimate of drug-likeness (QED) is 0.918. The van der Waals surface area contributed by atoms with E-state index in [0.29, 0.717) is 0 Å². The van der Waals surface area contributed by atoms with Crippen LogP contribution in [-0.2, 0) is 19.7 Å². The van der Waals surface area contributed by atoms with Crippen molar-refractivity contribution in [3.05, 3.63) is 71.3 Å². The van der Waals surface area contributed by atoms with Gasteiger partial charge in [-0.05, 0) is 16.7 Å². The van der Waals surface area contributed by atoms with Gasteiger partial charge in [0.2, 0.25) is 0 Å². The molecule has 1 saturated heterocycles. The van der Waals surface area contributed by atoms with Crippen molar-refractivity contribution >= 4 is 0 Å². The van der Waals surface area contributed by atoms with Gasteiger partial charge in [-0.3, -0.25) is 9.80 Å². The number of piperazine rings is 1. The molecule has 2 aromatic carbocycles. The molecule has 1 N–H and O–H groups in total. The van der Waals surface area contributed by atoms with Gasteiger partial charge < -0.3 is 5.11 Å². The molecule has 0 aromatic heterocycles. The number of aliphatic hydroxyl groups excluding tert-OH is 1. The smallest absolute Gasteiger partial charge is 0.0681 e. The van der Waals surface area contributed by atoms with Crippen LogP contribution < -0.4 is 0 Å². The first kappa shape index (κ1) is 15.2. The van der Waals surface area contributed by atoms with Crippen LogP contribution in [0.2, 0.25) is 0 Å². The molecule has 116 valence electrons. The Morgan fingerprint density at radius 3 is 1.59 bits per heavy atom. The summed E-state index contributed by atoms with van der Waals surface area (Å²) in [6.07, 6.45) is 0. The lowest BCUT2D eigenvalue weighted by Gasteiger charge is -2.34. The first-order valence-corrected chi connectivity index (χ1v) is 8.01. The molecule has 0 saturated carbocycles. The minimum Gasteiger partial charge on any atom is -0.392 e. The molecule has 3 heteroatoms. The van der Waals surface area contributed by atoms with Gasteiger partial charge in [0.05, 0.1) is 6.61 Å². The van der Waals surface area contributed by atoms with Gasteiger partial charge in [0.15, 0.2) is 0 Å². The molecule has 0 unspecified atom stereocenters. The molecule has 22 heavy (non-hydrogen) atoms. The number of benzene rings is 2. The molecular weight excluding hydrogens is 272 g/mol. The predicted molar refractivity (Wildman–Crippen MR) is 89.4 cm³/mol. The van der Waals surface area contributed by atoms with Gasteiger partial charge >= 0.3 is 0 Å². The first-order chi connectivity index (χ1) is 10.8. The van der Waals surface area contributed by atoms with E-state index >= 15 is 0 Å². The third-order valence-electron chi connectivity index (χ3n) is 4.33. The van der Waals surface area contributed by atoms with Crippen molar-refractivity contribution in [3.63, 3.8) is 0 Å². The summed E-state index contributed by atoms with van der Waals surface area (Å²) in [4.78, 5) is 5.04. The fourth-order valence-electron chi connectivity index (χ4n) is 2.96. The van der Waals surface area contributed by atoms with Crippen LogP contribution >= 0.6 is 0 Å². The standard InChI is InChI=1S/C19H24N2O/c22-16-19-8-6-18(7-9-19)15-21-12-10-20(11-13-21)14-17-4-2-1-3-5-17/h1-9,22H,10-16H2. The van der Waals surface area contributed by atoms with Crippen molar-refractivity contribution in [3.8, 4) is 0 Å². The summed E-state index contributed by atoms with van der Waals surface area (Å²) in [6, 6.07) is 19.0. The zero-order valence-corrected chi connectivity index (χ0v) is 13.0. The molecule has 2 aromatic rings. The van der Waals surface area contributed by atoms with E-state index in [4.69, 9.17) is 5.11 Å². The van der Waals surface area contributed by atoms with Crippen LogP contribution in [0.4, 0.5) is 0 Å². The van der Waals surface area contributed by atoms with Gasteiger partial charge in [0.25, 0.3) is 0 Å². The Hall–Kier alpha value is -1.68. The second-order valence-electron chi connectivity index (χ2n) is 6.01. The number of hydrogen-bond donors (Lipinski definition) is 1. The lowest BCUT2D eigenvalue weighted by Crippen LogP contribution is -2.45. The van der Waals surface area contributed by atoms with E-state index in [2.05, 4.69) is 52.3 Å². The Morgan fingerprint density at radius 2 is 1.09 bits per heavy atom. The molecule has 0 bridgehead atoms. The molecule has 0 amide bonds. The molecule has 1 heterocycles. The van der Waals surface area contributed by atoms with E-state index in [1.165, 1.54) is 11.1 Å². The van der Waals surface area contributed by atoms with Crippen molar-refractivity contribution in [1.29, 1.82) is 0 Å². The van der Waals surface area contributed by atoms with Crippen molar-refractivity contribution < 1.29 is 5.11 Å². The fourth-order valence-corrected chi connectivity index (χ4v) is 2.96. The maximum Gasteiger partial charge on any atom is 0.0681 e. The molecule has 1 fully saturated rings. The Balaban J connectivity index is 1.47. The van der Waals surface area contributed by atoms with Gasteiger partial charge in [-0.15, -0.1) is 0 Å². The van der Waals surface area contributed by atoms with Crippen LogP contribution in [0, 0.1) is 0 Å². The highest BCUT2D eigenvalue weighted by atomic mass is 16.3. The minimum atomic E-state index is 0.123. The molecule has 0 aliphatic carbocycles. The maximum atomic E-state index is 9.08. The summed E-state index contributed by atoms with van der Waals surface area (Å²) in [7, 11) is 0. The Bertz CT molecular complexity index is 560. The van der Waals surface area contributed by atoms with E-state index in [1.54, 1.807) is 0 Å². The van der Waals surface area contributed by atoms with Gasteiger partial charge in [-0.25, -0.2) is 0 Å². The highest BCUT2D eigenvalue weighted by molar-refractivity contribution is 5.22. The SMILES string of the molecule is OCc1ccc(CN2CCN(Cc3ccccc3)CC2)cc1. The van der Waals surface area contributed by atoms with E-state index in [9.17, 15) is 0 Å². The number of nitrogens with zero attached hydrogens (tertiary/aromatic N) is 2. The Labute approximate surface area is 132 Å². The summed E-state index contributed by atoms with van der Waals surface area (Å²) in [5.74, 6) is 0. The molecule has 0 atom stereocenters. The van der Waals surface area contributed by atoms with Crippen molar-refractivity contribution in [2.24, 2.45) is 0 Å². The largest absolute Gasteiger partial charge is 0.392 e. The van der Waals surface area contributed by atoms with Crippen LogP contribution in [-0.4, -0.2) is 41.1 Å². The van der Waals surface area contributed by atoms with E-state index in [-0.39, 0.29) is 6.61 Å². The van der Waals surface area contributed by atoms with Crippen molar-refractivity contribution in [1.82, 2.24) is 9.80 Å². The van der Waals surface area contributed by atoms with Gasteiger partial charge in [0.1, 0.15) is 0 Å². The third kappa shape index (κ3) is 4.17. The summed E-state index contributed by atoms with van der Waals surface area (Å²) in [5.41, 5.74) is 3.71. The predicted octanol–water partition coefficient (Wildman–Crippen LogP) is 2.50. The van der Waals surface area contributed by atoms with E-state index < -0.39 is 0 Å². The Kier molecular flexibility index (Phi) is 5.22. The average molecular weight is 296 g/mol. The lowest BCUT2D eigenvalue weighted by molar-refractivity contribution is 0.122. The fraction of sp³-hybridized carbons (Fsp3) is 0.368. The first-order valence-electron chi connectivity index (χ1n) is 8.01. The Morgan fingerprint density at radius 1 is 0.636 bits per heavy atom. The van der Waals surface area contributed by atoms with E-state index in [1.807, 2.05) is 12.1 Å². The number of rotatable bonds is 5. The monoisotopic (exact) mass is 296 g/mol. The molecule has 3 rings (SSSR count). The van der Waals surface area contributed by atoms with Crippen LogP contribution in [0.1, 0.15) is 16.7 Å². The zero-order chi connectivity index (χ0) is 15.2. The molecule has 1 aliphatic heterocycles. The molecule has 0 spiro atoms. The highest BCUT2D eigenvalue weighted by Crippen LogP contribution is 2.12. The van der Waals surface area contributed by atoms with E-state index in [0.717, 1.165) is 44.8 Å². The summed E-state index contributed by atoms with van der Waals surface area (Å²) >= 11 is 0. The summed E-state index contributed by atoms with van der Waals surface area (Å²) in [6.45, 7) is 6.68. The molecular formula is C19H24N2O. The lowest BCUT2D eigenvalue weighted by atomic mass is 10.1. The maximum absolute atomic E-state index is 9.08. The second-order valence-corrected chi connectivity index (χ2v) is 6.01. The minimum absolute atomic E-state index is 0.123. The van der Waals surface area contributed by atoms with Crippen LogP contribution in [0.5, 0.6) is 0 Å². The molecule has 3 nitrogen and oxygen atoms in total. The van der Waals surface area contributed by atoms with Crippen molar-refractivity contribution in [2.75, 3.05) is 26.2 Å². The van der Waals surface area contributed by atoms with Gasteiger partial charge in [0, 0.05) is 39.3 Å². The second kappa shape index (κ2) is 7.54. The highest BCUT2D eigenvalue weighted by Gasteiger charge is 2.16. The third-order valence-corrected chi connectivity index (χ3v) is 4.33. The summed E-state index contributed by atoms with van der Waals surface area (Å²) < 4.78 is 0. The summed E-state index contributed by atoms with van der Waals surface area (Å²) in [5, 5.41) is 9.08. The van der Waals surface area contributed by atoms with Crippen LogP contribution in [0.15, 0.2) is 54.6 Å². The van der Waals surface area contributed by atoms with Crippen LogP contribution in [0.25, 0.3) is 0 Å². The number of aliphatic hydroxyl groups is 1. The zero-order valence-electron chi connectivity index (χ0n) is 13.0. The normalized spacial score (nSPS) is 16.8. The average Bonchev–Trinajstić information content (AvgIpc) is 2.58. The van der Waals surface area contributed by atoms with Crippen LogP contribution in [0.3, 0.4) is 0 Å². The number of hydrogen-bond acceptors (Lipinski definition) is 3. The van der Waals surface area contributed by atoms with Gasteiger partial charge in [-0.1, -0.05) is 54.6 Å². The van der Waals surface area contributed by atoms with Crippen molar-refractivity contribution in [2.45, 2.75) is 19.7 Å². The topological polar surface area (TPSA) is 26.7 Å². The molecule has 0 radical (unpaired) electrons.